The van der Waals surface area contributed by atoms with Crippen molar-refractivity contribution >= 4 is 67.1 Å². The predicted octanol–water partition coefficient (Wildman–Crippen LogP) is 18.5. The molecule has 10 aromatic rings. The van der Waals surface area contributed by atoms with Crippen molar-refractivity contribution in [2.24, 2.45) is 0 Å². The lowest BCUT2D eigenvalue weighted by Gasteiger charge is -2.19. The zero-order valence-corrected chi connectivity index (χ0v) is 41.6. The smallest absolute Gasteiger partial charge is 0.0541 e. The molecule has 0 aliphatic carbocycles. The summed E-state index contributed by atoms with van der Waals surface area (Å²) in [5, 5.41) is 6.75. The summed E-state index contributed by atoms with van der Waals surface area (Å²) in [6.45, 7) is 13.7. The zero-order valence-electron chi connectivity index (χ0n) is 40.0. The summed E-state index contributed by atoms with van der Waals surface area (Å²) >= 11 is 4.28. The Kier molecular flexibility index (Phi) is 10.6. The largest absolute Gasteiger partial charge is 0.309 e. The second kappa shape index (κ2) is 16.8. The first kappa shape index (κ1) is 43.1. The van der Waals surface area contributed by atoms with E-state index in [-0.39, 0.29) is 10.8 Å². The van der Waals surface area contributed by atoms with Crippen molar-refractivity contribution in [1.82, 2.24) is 9.13 Å². The highest BCUT2D eigenvalue weighted by Gasteiger charge is 2.33. The molecule has 3 unspecified atom stereocenters. The molecular weight excluding hydrogens is 861 g/mol. The third-order valence-electron chi connectivity index (χ3n) is 14.7. The molecule has 3 atom stereocenters. The first-order chi connectivity index (χ1) is 32.9. The van der Waals surface area contributed by atoms with E-state index in [1.165, 1.54) is 112 Å². The lowest BCUT2D eigenvalue weighted by molar-refractivity contribution is 0.590. The average molecular weight is 919 g/mol. The van der Waals surface area contributed by atoms with Crippen molar-refractivity contribution in [3.05, 3.63) is 215 Å². The minimum atomic E-state index is 0.124. The maximum atomic E-state index is 2.54. The van der Waals surface area contributed by atoms with E-state index in [0.717, 1.165) is 6.42 Å². The summed E-state index contributed by atoms with van der Waals surface area (Å²) in [6.07, 6.45) is 6.11. The van der Waals surface area contributed by atoms with Gasteiger partial charge in [0.15, 0.2) is 0 Å². The van der Waals surface area contributed by atoms with Gasteiger partial charge in [-0.25, -0.2) is 0 Å². The third-order valence-corrected chi connectivity index (χ3v) is 18.0. The molecule has 4 heterocycles. The maximum Gasteiger partial charge on any atom is 0.0541 e. The van der Waals surface area contributed by atoms with E-state index < -0.39 is 0 Å². The molecule has 0 radical (unpaired) electrons. The van der Waals surface area contributed by atoms with Gasteiger partial charge in [0.1, 0.15) is 0 Å². The van der Waals surface area contributed by atoms with Crippen LogP contribution in [0.25, 0.3) is 77.2 Å². The molecule has 12 rings (SSSR count). The molecule has 0 amide bonds. The Bertz CT molecular complexity index is 3540. The van der Waals surface area contributed by atoms with Gasteiger partial charge in [-0.2, -0.15) is 0 Å². The summed E-state index contributed by atoms with van der Waals surface area (Å²) < 4.78 is 4.84. The normalized spacial score (nSPS) is 17.8. The van der Waals surface area contributed by atoms with Gasteiger partial charge in [-0.1, -0.05) is 169 Å². The van der Waals surface area contributed by atoms with Crippen molar-refractivity contribution in [2.45, 2.75) is 87.4 Å². The quantitative estimate of drug-likeness (QED) is 0.158. The van der Waals surface area contributed by atoms with Crippen LogP contribution in [0.1, 0.15) is 93.6 Å². The first-order valence-electron chi connectivity index (χ1n) is 24.5. The van der Waals surface area contributed by atoms with Gasteiger partial charge < -0.3 is 9.13 Å². The summed E-state index contributed by atoms with van der Waals surface area (Å²) in [6, 6.07) is 68.8. The van der Waals surface area contributed by atoms with Crippen LogP contribution in [-0.2, 0) is 10.8 Å². The molecule has 2 aromatic heterocycles. The SMILES string of the molecule is CC(C)(C)c1ccc(-n2c3ccccc3c3cc(-c4ccc(C5CC=C(C6CCC(c7ccc(-c8ccc9c(c8)c8ccccc8n9-c8ccc(C(C)(C)C)cc8)cc7)S6)S5)cc4)ccc32)cc1. The Labute approximate surface area is 410 Å². The average Bonchev–Trinajstić information content (AvgIpc) is 4.18. The van der Waals surface area contributed by atoms with Crippen molar-refractivity contribution in [1.29, 1.82) is 0 Å². The summed E-state index contributed by atoms with van der Waals surface area (Å²) in [5.74, 6) is 0. The topological polar surface area (TPSA) is 9.86 Å². The van der Waals surface area contributed by atoms with Gasteiger partial charge >= 0.3 is 0 Å². The summed E-state index contributed by atoms with van der Waals surface area (Å²) in [4.78, 5) is 1.58. The van der Waals surface area contributed by atoms with Gasteiger partial charge in [0.05, 0.1) is 22.1 Å². The van der Waals surface area contributed by atoms with Crippen LogP contribution < -0.4 is 0 Å². The van der Waals surface area contributed by atoms with Crippen LogP contribution >= 0.6 is 23.5 Å². The van der Waals surface area contributed by atoms with Crippen LogP contribution in [0.3, 0.4) is 0 Å². The Balaban J connectivity index is 0.717. The highest BCUT2D eigenvalue weighted by Crippen LogP contribution is 2.55. The maximum absolute atomic E-state index is 2.54. The minimum absolute atomic E-state index is 0.124. The zero-order chi connectivity index (χ0) is 46.3. The van der Waals surface area contributed by atoms with Crippen LogP contribution in [0, 0.1) is 0 Å². The van der Waals surface area contributed by atoms with Crippen LogP contribution in [0.4, 0.5) is 0 Å². The molecule has 2 aliphatic heterocycles. The molecule has 2 aliphatic rings. The van der Waals surface area contributed by atoms with Gasteiger partial charge in [-0.3, -0.25) is 0 Å². The summed E-state index contributed by atoms with van der Waals surface area (Å²) in [5.41, 5.74) is 18.3. The Morgan fingerprint density at radius 1 is 0.397 bits per heavy atom. The second-order valence-corrected chi connectivity index (χ2v) is 23.8. The molecule has 336 valence electrons. The highest BCUT2D eigenvalue weighted by atomic mass is 32.2. The monoisotopic (exact) mass is 918 g/mol. The molecule has 1 fully saturated rings. The highest BCUT2D eigenvalue weighted by molar-refractivity contribution is 8.06. The number of nitrogens with zero attached hydrogens (tertiary/aromatic N) is 2. The molecule has 4 heteroatoms. The van der Waals surface area contributed by atoms with E-state index in [9.17, 15) is 0 Å². The summed E-state index contributed by atoms with van der Waals surface area (Å²) in [7, 11) is 0. The number of fused-ring (bicyclic) bond motifs is 6. The fourth-order valence-corrected chi connectivity index (χ4v) is 13.9. The Morgan fingerprint density at radius 2 is 0.809 bits per heavy atom. The van der Waals surface area contributed by atoms with Gasteiger partial charge in [0.2, 0.25) is 0 Å². The van der Waals surface area contributed by atoms with Crippen molar-refractivity contribution < 1.29 is 0 Å². The number of hydrogen-bond acceptors (Lipinski definition) is 2. The third kappa shape index (κ3) is 7.71. The van der Waals surface area contributed by atoms with Gasteiger partial charge in [-0.15, -0.1) is 23.5 Å². The molecule has 8 aromatic carbocycles. The van der Waals surface area contributed by atoms with E-state index in [1.807, 2.05) is 0 Å². The van der Waals surface area contributed by atoms with Crippen molar-refractivity contribution in [3.63, 3.8) is 0 Å². The Hall–Kier alpha value is -6.20. The fraction of sp³-hybridized carbons (Fsp3) is 0.219. The number of para-hydroxylation sites is 2. The van der Waals surface area contributed by atoms with Crippen LogP contribution in [0.5, 0.6) is 0 Å². The fourth-order valence-electron chi connectivity index (χ4n) is 10.8. The number of rotatable bonds is 7. The molecular formula is C64H58N2S2. The van der Waals surface area contributed by atoms with Crippen LogP contribution in [0.2, 0.25) is 0 Å². The van der Waals surface area contributed by atoms with E-state index in [2.05, 4.69) is 262 Å². The number of allylic oxidation sites excluding steroid dienone is 1. The molecule has 68 heavy (non-hydrogen) atoms. The molecule has 0 spiro atoms. The standard InChI is InChI=1S/C64H58N2S2/c1-63(2,3)47-25-29-49(30-26-47)65-55-13-9-7-11-51(55)53-39-45(23-33-57(53)65)41-15-19-43(20-16-41)59-35-37-61(67-59)62-38-36-60(68-62)44-21-17-42(18-22-44)46-24-34-58-54(40-46)52-12-8-10-14-56(52)66(58)50-31-27-48(28-32-50)64(4,5)6/h7-34,37,39-40,59-60,62H,35-36,38H2,1-6H3. The lowest BCUT2D eigenvalue weighted by Crippen LogP contribution is -2.10. The van der Waals surface area contributed by atoms with E-state index >= 15 is 0 Å². The minimum Gasteiger partial charge on any atom is -0.309 e. The molecule has 0 bridgehead atoms. The lowest BCUT2D eigenvalue weighted by atomic mass is 9.87. The van der Waals surface area contributed by atoms with Crippen LogP contribution in [0.15, 0.2) is 193 Å². The predicted molar refractivity (Wildman–Crippen MR) is 296 cm³/mol. The van der Waals surface area contributed by atoms with E-state index in [0.29, 0.717) is 15.7 Å². The molecule has 0 saturated carbocycles. The molecule has 1 saturated heterocycles. The Morgan fingerprint density at radius 3 is 1.28 bits per heavy atom. The van der Waals surface area contributed by atoms with E-state index in [4.69, 9.17) is 0 Å². The van der Waals surface area contributed by atoms with Crippen molar-refractivity contribution in [2.75, 3.05) is 0 Å². The number of thioether (sulfide) groups is 2. The van der Waals surface area contributed by atoms with Crippen LogP contribution in [-0.4, -0.2) is 14.4 Å². The number of hydrogen-bond donors (Lipinski definition) is 0. The second-order valence-electron chi connectivity index (χ2n) is 21.1. The first-order valence-corrected chi connectivity index (χ1v) is 26.3. The van der Waals surface area contributed by atoms with Gasteiger partial charge in [-0.05, 0) is 140 Å². The molecule has 0 N–H and O–H groups in total. The van der Waals surface area contributed by atoms with E-state index in [1.54, 1.807) is 4.91 Å². The van der Waals surface area contributed by atoms with Gasteiger partial charge in [0, 0.05) is 48.7 Å². The number of aromatic nitrogens is 2. The van der Waals surface area contributed by atoms with Crippen molar-refractivity contribution in [3.8, 4) is 33.6 Å². The number of benzene rings is 8. The molecule has 2 nitrogen and oxygen atoms in total. The van der Waals surface area contributed by atoms with Gasteiger partial charge in [0.25, 0.3) is 0 Å².